The molecule has 1 aromatic rings. The summed E-state index contributed by atoms with van der Waals surface area (Å²) < 4.78 is 5.11. The van der Waals surface area contributed by atoms with Gasteiger partial charge in [0.2, 0.25) is 23.6 Å². The Bertz CT molecular complexity index is 761. The molecule has 1 aromatic heterocycles. The number of aliphatic imine (C=N–C) groups is 1. The van der Waals surface area contributed by atoms with Crippen LogP contribution in [0.15, 0.2) is 33.7 Å². The molecule has 1 aliphatic heterocycles. The van der Waals surface area contributed by atoms with E-state index in [1.807, 2.05) is 0 Å². The molecule has 1 unspecified atom stereocenters. The second kappa shape index (κ2) is 5.95. The molecule has 2 aliphatic rings. The standard InChI is InChI=1S/C14H13N5O4/c1-8-17-18-12(23-8)6-15-11(20)7-19-13(21)9-4-2-3-5-10(9)16-14(19)22/h2-5,9H,6-7H2,1H3,(H,15,20). The first-order valence-electron chi connectivity index (χ1n) is 6.89. The maximum Gasteiger partial charge on any atom is 0.351 e. The summed E-state index contributed by atoms with van der Waals surface area (Å²) in [5, 5.41) is 9.87. The van der Waals surface area contributed by atoms with Crippen LogP contribution in [-0.4, -0.2) is 45.2 Å². The first-order valence-corrected chi connectivity index (χ1v) is 6.89. The number of allylic oxidation sites excluding steroid dienone is 3. The second-order valence-corrected chi connectivity index (χ2v) is 4.96. The maximum atomic E-state index is 12.3. The lowest BCUT2D eigenvalue weighted by Crippen LogP contribution is -2.49. The van der Waals surface area contributed by atoms with Crippen molar-refractivity contribution in [2.75, 3.05) is 6.54 Å². The van der Waals surface area contributed by atoms with Crippen molar-refractivity contribution in [3.63, 3.8) is 0 Å². The monoisotopic (exact) mass is 315 g/mol. The number of carbonyl (C=O) groups excluding carboxylic acids is 3. The second-order valence-electron chi connectivity index (χ2n) is 4.96. The molecule has 0 spiro atoms. The zero-order valence-corrected chi connectivity index (χ0v) is 12.2. The fourth-order valence-corrected chi connectivity index (χ4v) is 2.21. The summed E-state index contributed by atoms with van der Waals surface area (Å²) in [6, 6.07) is -0.745. The minimum absolute atomic E-state index is 0.0243. The van der Waals surface area contributed by atoms with Crippen molar-refractivity contribution >= 4 is 23.6 Å². The lowest BCUT2D eigenvalue weighted by Gasteiger charge is -2.27. The highest BCUT2D eigenvalue weighted by Crippen LogP contribution is 2.19. The largest absolute Gasteiger partial charge is 0.424 e. The number of imide groups is 1. The minimum atomic E-state index is -0.745. The molecule has 1 aliphatic carbocycles. The molecule has 9 heteroatoms. The Morgan fingerprint density at radius 1 is 1.35 bits per heavy atom. The van der Waals surface area contributed by atoms with E-state index in [1.54, 1.807) is 31.2 Å². The highest BCUT2D eigenvalue weighted by atomic mass is 16.4. The fraction of sp³-hybridized carbons (Fsp3) is 0.286. The van der Waals surface area contributed by atoms with Gasteiger partial charge < -0.3 is 9.73 Å². The number of hydrogen-bond acceptors (Lipinski definition) is 6. The summed E-state index contributed by atoms with van der Waals surface area (Å²) in [6.07, 6.45) is 6.65. The Morgan fingerprint density at radius 2 is 2.17 bits per heavy atom. The van der Waals surface area contributed by atoms with E-state index in [4.69, 9.17) is 4.42 Å². The van der Waals surface area contributed by atoms with Crippen LogP contribution in [0.1, 0.15) is 11.8 Å². The van der Waals surface area contributed by atoms with Gasteiger partial charge in [-0.15, -0.1) is 10.2 Å². The molecule has 118 valence electrons. The van der Waals surface area contributed by atoms with Crippen LogP contribution in [0.4, 0.5) is 4.79 Å². The number of amides is 4. The van der Waals surface area contributed by atoms with Gasteiger partial charge in [0.05, 0.1) is 18.2 Å². The van der Waals surface area contributed by atoms with E-state index in [2.05, 4.69) is 20.5 Å². The molecule has 0 saturated heterocycles. The molecular formula is C14H13N5O4. The van der Waals surface area contributed by atoms with Crippen LogP contribution in [0, 0.1) is 12.8 Å². The number of hydrogen-bond donors (Lipinski definition) is 1. The quantitative estimate of drug-likeness (QED) is 0.844. The number of rotatable bonds is 4. The molecule has 2 heterocycles. The smallest absolute Gasteiger partial charge is 0.351 e. The predicted molar refractivity (Wildman–Crippen MR) is 77.2 cm³/mol. The number of aromatic nitrogens is 2. The van der Waals surface area contributed by atoms with Gasteiger partial charge in [-0.3, -0.25) is 14.5 Å². The maximum absolute atomic E-state index is 12.3. The molecule has 1 N–H and O–H groups in total. The first-order chi connectivity index (χ1) is 11.0. The highest BCUT2D eigenvalue weighted by Gasteiger charge is 2.36. The van der Waals surface area contributed by atoms with Gasteiger partial charge in [0, 0.05) is 6.92 Å². The van der Waals surface area contributed by atoms with E-state index in [0.29, 0.717) is 11.6 Å². The lowest BCUT2D eigenvalue weighted by molar-refractivity contribution is -0.134. The number of urea groups is 1. The Labute approximate surface area is 130 Å². The van der Waals surface area contributed by atoms with Gasteiger partial charge in [0.15, 0.2) is 0 Å². The van der Waals surface area contributed by atoms with Gasteiger partial charge in [-0.1, -0.05) is 18.2 Å². The molecule has 9 nitrogen and oxygen atoms in total. The summed E-state index contributed by atoms with van der Waals surface area (Å²) in [6.45, 7) is 1.25. The molecule has 0 bridgehead atoms. The van der Waals surface area contributed by atoms with Crippen LogP contribution in [0.25, 0.3) is 0 Å². The minimum Gasteiger partial charge on any atom is -0.424 e. The summed E-state index contributed by atoms with van der Waals surface area (Å²) >= 11 is 0. The van der Waals surface area contributed by atoms with Crippen molar-refractivity contribution in [3.8, 4) is 0 Å². The summed E-state index contributed by atoms with van der Waals surface area (Å²) in [4.78, 5) is 40.8. The van der Waals surface area contributed by atoms with E-state index < -0.39 is 30.3 Å². The van der Waals surface area contributed by atoms with Crippen molar-refractivity contribution in [1.82, 2.24) is 20.4 Å². The van der Waals surface area contributed by atoms with Crippen molar-refractivity contribution in [2.45, 2.75) is 13.5 Å². The Balaban J connectivity index is 1.63. The third-order valence-electron chi connectivity index (χ3n) is 3.29. The molecule has 0 saturated carbocycles. The molecule has 3 rings (SSSR count). The highest BCUT2D eigenvalue weighted by molar-refractivity contribution is 6.22. The SMILES string of the molecule is Cc1nnc(CNC(=O)CN2C(=O)N=C3C=CC=CC3C2=O)o1. The molecular weight excluding hydrogens is 302 g/mol. The van der Waals surface area contributed by atoms with Crippen molar-refractivity contribution in [2.24, 2.45) is 10.9 Å². The molecule has 0 fully saturated rings. The summed E-state index contributed by atoms with van der Waals surface area (Å²) in [5.41, 5.74) is 0.389. The van der Waals surface area contributed by atoms with Gasteiger partial charge in [-0.25, -0.2) is 4.79 Å². The van der Waals surface area contributed by atoms with Gasteiger partial charge in [-0.2, -0.15) is 4.99 Å². The van der Waals surface area contributed by atoms with Gasteiger partial charge in [-0.05, 0) is 6.08 Å². The number of nitrogens with one attached hydrogen (secondary N) is 1. The third kappa shape index (κ3) is 3.07. The van der Waals surface area contributed by atoms with Crippen molar-refractivity contribution in [1.29, 1.82) is 0 Å². The lowest BCUT2D eigenvalue weighted by atomic mass is 9.95. The average Bonchev–Trinajstić information content (AvgIpc) is 2.95. The number of nitrogens with zero attached hydrogens (tertiary/aromatic N) is 4. The van der Waals surface area contributed by atoms with Crippen molar-refractivity contribution < 1.29 is 18.8 Å². The summed E-state index contributed by atoms with van der Waals surface area (Å²) in [5.74, 6) is -0.979. The van der Waals surface area contributed by atoms with Crippen LogP contribution in [0.5, 0.6) is 0 Å². The molecule has 23 heavy (non-hydrogen) atoms. The average molecular weight is 315 g/mol. The van der Waals surface area contributed by atoms with Crippen LogP contribution >= 0.6 is 0 Å². The molecule has 0 aromatic carbocycles. The van der Waals surface area contributed by atoms with Crippen molar-refractivity contribution in [3.05, 3.63) is 36.1 Å². The Morgan fingerprint density at radius 3 is 2.91 bits per heavy atom. The zero-order chi connectivity index (χ0) is 16.4. The number of fused-ring (bicyclic) bond motifs is 1. The van der Waals surface area contributed by atoms with Gasteiger partial charge >= 0.3 is 6.03 Å². The van der Waals surface area contributed by atoms with Gasteiger partial charge in [0.25, 0.3) is 0 Å². The van der Waals surface area contributed by atoms with Crippen LogP contribution in [0.3, 0.4) is 0 Å². The molecule has 1 atom stereocenters. The first kappa shape index (κ1) is 14.8. The molecule has 4 amide bonds. The van der Waals surface area contributed by atoms with E-state index in [9.17, 15) is 14.4 Å². The van der Waals surface area contributed by atoms with E-state index >= 15 is 0 Å². The van der Waals surface area contributed by atoms with Crippen LogP contribution < -0.4 is 5.32 Å². The van der Waals surface area contributed by atoms with E-state index in [-0.39, 0.29) is 12.4 Å². The fourth-order valence-electron chi connectivity index (χ4n) is 2.21. The Kier molecular flexibility index (Phi) is 3.83. The molecule has 0 radical (unpaired) electrons. The Hall–Kier alpha value is -3.10. The van der Waals surface area contributed by atoms with Gasteiger partial charge in [0.1, 0.15) is 6.54 Å². The van der Waals surface area contributed by atoms with E-state index in [1.165, 1.54) is 0 Å². The normalized spacial score (nSPS) is 19.6. The van der Waals surface area contributed by atoms with E-state index in [0.717, 1.165) is 4.90 Å². The topological polar surface area (TPSA) is 118 Å². The summed E-state index contributed by atoms with van der Waals surface area (Å²) in [7, 11) is 0. The van der Waals surface area contributed by atoms with Crippen LogP contribution in [0.2, 0.25) is 0 Å². The van der Waals surface area contributed by atoms with Crippen LogP contribution in [-0.2, 0) is 16.1 Å². The zero-order valence-electron chi connectivity index (χ0n) is 12.2. The third-order valence-corrected chi connectivity index (χ3v) is 3.29. The predicted octanol–water partition coefficient (Wildman–Crippen LogP) is 0.140. The number of carbonyl (C=O) groups is 3. The number of aryl methyl sites for hydroxylation is 1.